The van der Waals surface area contributed by atoms with Gasteiger partial charge in [0.2, 0.25) is 0 Å². The Balaban J connectivity index is 3.33. The summed E-state index contributed by atoms with van der Waals surface area (Å²) < 4.78 is 0. The first-order valence-electron chi connectivity index (χ1n) is 5.06. The molecule has 1 unspecified atom stereocenters. The molecule has 0 aliphatic heterocycles. The van der Waals surface area contributed by atoms with E-state index in [-0.39, 0.29) is 5.56 Å². The van der Waals surface area contributed by atoms with Gasteiger partial charge in [0.1, 0.15) is 0 Å². The minimum absolute atomic E-state index is 0.0768. The van der Waals surface area contributed by atoms with E-state index in [1.165, 1.54) is 38.1 Å². The van der Waals surface area contributed by atoms with E-state index in [1.807, 2.05) is 0 Å². The van der Waals surface area contributed by atoms with Crippen molar-refractivity contribution in [3.63, 3.8) is 0 Å². The Kier molecular flexibility index (Phi) is 3.51. The van der Waals surface area contributed by atoms with Crippen molar-refractivity contribution in [3.8, 4) is 0 Å². The molecule has 2 N–H and O–H groups in total. The van der Waals surface area contributed by atoms with Gasteiger partial charge in [-0.25, -0.2) is 4.90 Å². The second-order valence-corrected chi connectivity index (χ2v) is 4.21. The van der Waals surface area contributed by atoms with Crippen LogP contribution in [0.3, 0.4) is 0 Å². The fraction of sp³-hybridized carbons (Fsp3) is 0.455. The third-order valence-electron chi connectivity index (χ3n) is 3.06. The average molecular weight is 240 g/mol. The zero-order chi connectivity index (χ0) is 13.3. The second kappa shape index (κ2) is 4.40. The molecule has 17 heavy (non-hydrogen) atoms. The maximum atomic E-state index is 11.1. The highest BCUT2D eigenvalue weighted by Gasteiger charge is 2.60. The number of hydrogen-bond acceptors (Lipinski definition) is 5. The summed E-state index contributed by atoms with van der Waals surface area (Å²) in [4.78, 5) is 11.6. The highest BCUT2D eigenvalue weighted by molar-refractivity contribution is 5.22. The molecule has 1 atom stereocenters. The van der Waals surface area contributed by atoms with Crippen molar-refractivity contribution in [2.24, 2.45) is 0 Å². The third kappa shape index (κ3) is 2.02. The SMILES string of the molecule is CN(C)C(C)([N+](=O)[O-])C(O)(O)c1ccccc1. The molecule has 0 aromatic heterocycles. The Bertz CT molecular complexity index is 405. The van der Waals surface area contributed by atoms with Crippen molar-refractivity contribution in [2.45, 2.75) is 18.4 Å². The van der Waals surface area contributed by atoms with Gasteiger partial charge in [-0.05, 0) is 14.1 Å². The van der Waals surface area contributed by atoms with Gasteiger partial charge in [0.25, 0.3) is 5.79 Å². The lowest BCUT2D eigenvalue weighted by atomic mass is 9.92. The van der Waals surface area contributed by atoms with Crippen LogP contribution in [0.2, 0.25) is 0 Å². The average Bonchev–Trinajstić information content (AvgIpc) is 2.28. The Morgan fingerprint density at radius 3 is 2.06 bits per heavy atom. The predicted molar refractivity (Wildman–Crippen MR) is 61.6 cm³/mol. The minimum atomic E-state index is -2.58. The quantitative estimate of drug-likeness (QED) is 0.451. The van der Waals surface area contributed by atoms with Gasteiger partial charge in [-0.3, -0.25) is 10.1 Å². The molecule has 0 bridgehead atoms. The van der Waals surface area contributed by atoms with Crippen LogP contribution in [0, 0.1) is 10.1 Å². The molecule has 0 radical (unpaired) electrons. The van der Waals surface area contributed by atoms with Gasteiger partial charge in [0, 0.05) is 17.4 Å². The Morgan fingerprint density at radius 2 is 1.71 bits per heavy atom. The molecule has 0 saturated heterocycles. The minimum Gasteiger partial charge on any atom is -0.355 e. The Hall–Kier alpha value is -1.50. The number of hydrogen-bond donors (Lipinski definition) is 2. The topological polar surface area (TPSA) is 86.8 Å². The lowest BCUT2D eigenvalue weighted by Gasteiger charge is -2.37. The fourth-order valence-electron chi connectivity index (χ4n) is 1.55. The van der Waals surface area contributed by atoms with E-state index in [2.05, 4.69) is 0 Å². The van der Waals surface area contributed by atoms with Gasteiger partial charge in [-0.15, -0.1) is 0 Å². The summed E-state index contributed by atoms with van der Waals surface area (Å²) in [6, 6.07) is 7.74. The number of aliphatic hydroxyl groups is 2. The van der Waals surface area contributed by atoms with Crippen LogP contribution in [-0.2, 0) is 5.79 Å². The molecule has 0 aliphatic rings. The molecule has 0 amide bonds. The number of nitro groups is 1. The van der Waals surface area contributed by atoms with Gasteiger partial charge in [-0.2, -0.15) is 0 Å². The summed E-state index contributed by atoms with van der Waals surface area (Å²) in [5.74, 6) is -2.58. The van der Waals surface area contributed by atoms with Crippen molar-refractivity contribution in [1.29, 1.82) is 0 Å². The highest BCUT2D eigenvalue weighted by atomic mass is 16.6. The van der Waals surface area contributed by atoms with Crippen LogP contribution in [0.15, 0.2) is 30.3 Å². The molecular formula is C11H16N2O4. The van der Waals surface area contributed by atoms with Crippen molar-refractivity contribution in [1.82, 2.24) is 4.90 Å². The molecule has 0 saturated carbocycles. The van der Waals surface area contributed by atoms with Crippen molar-refractivity contribution in [3.05, 3.63) is 46.0 Å². The predicted octanol–water partition coefficient (Wildman–Crippen LogP) is 0.378. The maximum Gasteiger partial charge on any atom is 0.331 e. The van der Waals surface area contributed by atoms with Crippen LogP contribution in [0.5, 0.6) is 0 Å². The van der Waals surface area contributed by atoms with Gasteiger partial charge in [0.15, 0.2) is 0 Å². The Labute approximate surface area is 99.3 Å². The van der Waals surface area contributed by atoms with Crippen molar-refractivity contribution < 1.29 is 15.1 Å². The summed E-state index contributed by atoms with van der Waals surface area (Å²) in [6.45, 7) is 1.17. The molecule has 6 nitrogen and oxygen atoms in total. The van der Waals surface area contributed by atoms with E-state index in [9.17, 15) is 20.3 Å². The molecule has 94 valence electrons. The van der Waals surface area contributed by atoms with Crippen LogP contribution >= 0.6 is 0 Å². The lowest BCUT2D eigenvalue weighted by Crippen LogP contribution is -2.63. The van der Waals surface area contributed by atoms with Gasteiger partial charge in [0.05, 0.1) is 0 Å². The van der Waals surface area contributed by atoms with Crippen LogP contribution in [0.4, 0.5) is 0 Å². The summed E-state index contributed by atoms with van der Waals surface area (Å²) in [5.41, 5.74) is -1.96. The standard InChI is InChI=1S/C11H16N2O4/c1-10(12(2)3,13(16)17)11(14,15)9-7-5-4-6-8-9/h4-8,14-15H,1-3H3. The van der Waals surface area contributed by atoms with E-state index in [4.69, 9.17) is 0 Å². The Morgan fingerprint density at radius 1 is 1.24 bits per heavy atom. The van der Waals surface area contributed by atoms with Crippen LogP contribution in [0.25, 0.3) is 0 Å². The normalized spacial score (nSPS) is 15.6. The molecule has 0 fully saturated rings. The van der Waals surface area contributed by atoms with Gasteiger partial charge >= 0.3 is 5.66 Å². The number of benzene rings is 1. The zero-order valence-corrected chi connectivity index (χ0v) is 9.99. The fourth-order valence-corrected chi connectivity index (χ4v) is 1.55. The summed E-state index contributed by atoms with van der Waals surface area (Å²) >= 11 is 0. The summed E-state index contributed by atoms with van der Waals surface area (Å²) in [7, 11) is 2.85. The van der Waals surface area contributed by atoms with E-state index in [0.717, 1.165) is 0 Å². The van der Waals surface area contributed by atoms with Crippen molar-refractivity contribution >= 4 is 0 Å². The van der Waals surface area contributed by atoms with Crippen LogP contribution < -0.4 is 0 Å². The highest BCUT2D eigenvalue weighted by Crippen LogP contribution is 2.34. The van der Waals surface area contributed by atoms with Crippen LogP contribution in [0.1, 0.15) is 12.5 Å². The molecule has 0 spiro atoms. The number of likely N-dealkylation sites (N-methyl/N-ethyl adjacent to an activating group) is 1. The number of rotatable bonds is 4. The zero-order valence-electron chi connectivity index (χ0n) is 9.99. The first-order chi connectivity index (χ1) is 7.74. The summed E-state index contributed by atoms with van der Waals surface area (Å²) in [5, 5.41) is 31.4. The first kappa shape index (κ1) is 13.6. The molecule has 1 rings (SSSR count). The van der Waals surface area contributed by atoms with E-state index >= 15 is 0 Å². The van der Waals surface area contributed by atoms with E-state index in [0.29, 0.717) is 0 Å². The number of nitrogens with zero attached hydrogens (tertiary/aromatic N) is 2. The molecule has 6 heteroatoms. The second-order valence-electron chi connectivity index (χ2n) is 4.21. The molecule has 1 aromatic rings. The third-order valence-corrected chi connectivity index (χ3v) is 3.06. The largest absolute Gasteiger partial charge is 0.355 e. The summed E-state index contributed by atoms with van der Waals surface area (Å²) in [6.07, 6.45) is 0. The molecular weight excluding hydrogens is 224 g/mol. The monoisotopic (exact) mass is 240 g/mol. The van der Waals surface area contributed by atoms with Gasteiger partial charge in [-0.1, -0.05) is 30.3 Å². The van der Waals surface area contributed by atoms with E-state index in [1.54, 1.807) is 18.2 Å². The lowest BCUT2D eigenvalue weighted by molar-refractivity contribution is -0.640. The smallest absolute Gasteiger partial charge is 0.331 e. The van der Waals surface area contributed by atoms with Gasteiger partial charge < -0.3 is 10.2 Å². The first-order valence-corrected chi connectivity index (χ1v) is 5.06. The molecule has 0 heterocycles. The van der Waals surface area contributed by atoms with E-state index < -0.39 is 16.4 Å². The molecule has 1 aromatic carbocycles. The van der Waals surface area contributed by atoms with Crippen molar-refractivity contribution in [2.75, 3.05) is 14.1 Å². The molecule has 0 aliphatic carbocycles. The maximum absolute atomic E-state index is 11.1. The van der Waals surface area contributed by atoms with Crippen LogP contribution in [-0.4, -0.2) is 39.8 Å².